The number of hydrogen-bond donors (Lipinski definition) is 1. The Morgan fingerprint density at radius 1 is 1.32 bits per heavy atom. The van der Waals surface area contributed by atoms with E-state index < -0.39 is 0 Å². The summed E-state index contributed by atoms with van der Waals surface area (Å²) in [6.07, 6.45) is 2.47. The smallest absolute Gasteiger partial charge is 0.270 e. The van der Waals surface area contributed by atoms with Gasteiger partial charge in [-0.2, -0.15) is 0 Å². The van der Waals surface area contributed by atoms with Gasteiger partial charge in [-0.3, -0.25) is 9.36 Å². The molecule has 1 aromatic carbocycles. The highest BCUT2D eigenvalue weighted by Crippen LogP contribution is 2.31. The first kappa shape index (κ1) is 21.6. The lowest BCUT2D eigenvalue weighted by Gasteiger charge is -2.09. The summed E-state index contributed by atoms with van der Waals surface area (Å²) in [7, 11) is 0. The second kappa shape index (κ2) is 9.67. The zero-order chi connectivity index (χ0) is 21.8. The van der Waals surface area contributed by atoms with Crippen LogP contribution in [0.4, 0.5) is 0 Å². The Morgan fingerprint density at radius 3 is 2.94 bits per heavy atom. The van der Waals surface area contributed by atoms with Crippen LogP contribution in [0.5, 0.6) is 0 Å². The van der Waals surface area contributed by atoms with Gasteiger partial charge in [-0.1, -0.05) is 36.4 Å². The third-order valence-electron chi connectivity index (χ3n) is 4.54. The Hall–Kier alpha value is -2.62. The Morgan fingerprint density at radius 2 is 2.19 bits per heavy atom. The maximum absolute atomic E-state index is 12.3. The molecule has 160 valence electrons. The molecule has 0 saturated heterocycles. The van der Waals surface area contributed by atoms with Gasteiger partial charge < -0.3 is 9.73 Å². The number of halogens is 1. The molecule has 0 bridgehead atoms. The van der Waals surface area contributed by atoms with Crippen LogP contribution in [0.25, 0.3) is 17.3 Å². The van der Waals surface area contributed by atoms with Crippen molar-refractivity contribution in [1.29, 1.82) is 0 Å². The Bertz CT molecular complexity index is 1170. The summed E-state index contributed by atoms with van der Waals surface area (Å²) in [5, 5.41) is 15.5. The van der Waals surface area contributed by atoms with Crippen LogP contribution < -0.4 is 5.32 Å². The van der Waals surface area contributed by atoms with Crippen molar-refractivity contribution in [2.24, 2.45) is 0 Å². The van der Waals surface area contributed by atoms with Crippen molar-refractivity contribution < 1.29 is 9.21 Å². The monoisotopic (exact) mass is 473 g/mol. The van der Waals surface area contributed by atoms with Crippen molar-refractivity contribution >= 4 is 40.6 Å². The topological polar surface area (TPSA) is 85.8 Å². The number of rotatable bonds is 8. The molecule has 0 radical (unpaired) electrons. The van der Waals surface area contributed by atoms with E-state index in [1.807, 2.05) is 48.7 Å². The van der Waals surface area contributed by atoms with Gasteiger partial charge in [0.1, 0.15) is 10.7 Å². The second-order valence-corrected chi connectivity index (χ2v) is 9.12. The van der Waals surface area contributed by atoms with E-state index in [1.54, 1.807) is 17.7 Å². The average molecular weight is 474 g/mol. The predicted octanol–water partition coefficient (Wildman–Crippen LogP) is 5.46. The molecule has 0 spiro atoms. The molecule has 3 aromatic heterocycles. The molecule has 4 aromatic rings. The van der Waals surface area contributed by atoms with Gasteiger partial charge in [0, 0.05) is 16.4 Å². The van der Waals surface area contributed by atoms with Gasteiger partial charge >= 0.3 is 0 Å². The lowest BCUT2D eigenvalue weighted by Crippen LogP contribution is -2.32. The lowest BCUT2D eigenvalue weighted by molar-refractivity contribution is 0.0935. The summed E-state index contributed by atoms with van der Waals surface area (Å²) in [6, 6.07) is 11.2. The fraction of sp³-hybridized carbons (Fsp3) is 0.238. The highest BCUT2D eigenvalue weighted by molar-refractivity contribution is 7.98. The van der Waals surface area contributed by atoms with Crippen LogP contribution in [0.15, 0.2) is 57.6 Å². The van der Waals surface area contributed by atoms with Gasteiger partial charge in [0.05, 0.1) is 17.7 Å². The molecule has 1 N–H and O–H groups in total. The van der Waals surface area contributed by atoms with Crippen LogP contribution in [0, 0.1) is 0 Å². The van der Waals surface area contributed by atoms with Gasteiger partial charge in [0.15, 0.2) is 10.9 Å². The number of aromatic nitrogens is 4. The number of thiazole rings is 1. The van der Waals surface area contributed by atoms with Crippen molar-refractivity contribution in [3.63, 3.8) is 0 Å². The molecule has 31 heavy (non-hydrogen) atoms. The molecule has 4 rings (SSSR count). The van der Waals surface area contributed by atoms with Gasteiger partial charge in [-0.05, 0) is 43.7 Å². The number of hydrogen-bond acceptors (Lipinski definition) is 7. The molecule has 1 amide bonds. The average Bonchev–Trinajstić information content (AvgIpc) is 3.52. The standard InChI is InChI=1S/C21H20ClN5O2S2/c1-3-13(2)23-20(28)16-11-30-18(24-16)12-31-21-26-25-19(17-8-5-9-29-17)27(21)15-7-4-6-14(22)10-15/h4-11,13H,3,12H2,1-2H3,(H,23,28). The molecule has 0 aliphatic carbocycles. The Balaban J connectivity index is 1.56. The van der Waals surface area contributed by atoms with Gasteiger partial charge in [0.25, 0.3) is 5.91 Å². The van der Waals surface area contributed by atoms with E-state index in [0.29, 0.717) is 33.2 Å². The number of carbonyl (C=O) groups excluding carboxylic acids is 1. The van der Waals surface area contributed by atoms with E-state index in [0.717, 1.165) is 17.1 Å². The van der Waals surface area contributed by atoms with Gasteiger partial charge in [-0.15, -0.1) is 21.5 Å². The fourth-order valence-electron chi connectivity index (χ4n) is 2.78. The highest BCUT2D eigenvalue weighted by Gasteiger charge is 2.19. The number of nitrogens with one attached hydrogen (secondary N) is 1. The first-order valence-corrected chi connectivity index (χ1v) is 11.9. The summed E-state index contributed by atoms with van der Waals surface area (Å²) < 4.78 is 7.44. The fourth-order valence-corrected chi connectivity index (χ4v) is 4.71. The van der Waals surface area contributed by atoms with Crippen LogP contribution in [0.1, 0.15) is 35.8 Å². The third kappa shape index (κ3) is 5.00. The van der Waals surface area contributed by atoms with E-state index in [-0.39, 0.29) is 11.9 Å². The van der Waals surface area contributed by atoms with Crippen molar-refractivity contribution in [3.8, 4) is 17.3 Å². The molecule has 10 heteroatoms. The van der Waals surface area contributed by atoms with Crippen molar-refractivity contribution in [2.45, 2.75) is 37.2 Å². The minimum Gasteiger partial charge on any atom is -0.461 e. The van der Waals surface area contributed by atoms with Crippen LogP contribution in [0.2, 0.25) is 5.02 Å². The summed E-state index contributed by atoms with van der Waals surface area (Å²) >= 11 is 9.15. The summed E-state index contributed by atoms with van der Waals surface area (Å²) in [5.74, 6) is 1.60. The van der Waals surface area contributed by atoms with Crippen LogP contribution in [-0.4, -0.2) is 31.7 Å². The maximum atomic E-state index is 12.3. The van der Waals surface area contributed by atoms with Gasteiger partial charge in [-0.25, -0.2) is 4.98 Å². The first-order chi connectivity index (χ1) is 15.0. The minimum atomic E-state index is -0.149. The highest BCUT2D eigenvalue weighted by atomic mass is 35.5. The molecule has 1 atom stereocenters. The van der Waals surface area contributed by atoms with E-state index in [4.69, 9.17) is 16.0 Å². The Labute approximate surface area is 192 Å². The van der Waals surface area contributed by atoms with Crippen LogP contribution in [-0.2, 0) is 5.75 Å². The molecule has 0 aliphatic rings. The molecular formula is C21H20ClN5O2S2. The van der Waals surface area contributed by atoms with E-state index in [1.165, 1.54) is 23.1 Å². The molecule has 3 heterocycles. The van der Waals surface area contributed by atoms with Crippen LogP contribution in [0.3, 0.4) is 0 Å². The summed E-state index contributed by atoms with van der Waals surface area (Å²) in [6.45, 7) is 4.00. The van der Waals surface area contributed by atoms with Gasteiger partial charge in [0.2, 0.25) is 5.82 Å². The number of amides is 1. The van der Waals surface area contributed by atoms with E-state index in [2.05, 4.69) is 20.5 Å². The Kier molecular flexibility index (Phi) is 6.74. The van der Waals surface area contributed by atoms with Crippen LogP contribution >= 0.6 is 34.7 Å². The molecule has 1 unspecified atom stereocenters. The summed E-state index contributed by atoms with van der Waals surface area (Å²) in [4.78, 5) is 16.8. The van der Waals surface area contributed by atoms with Crippen molar-refractivity contribution in [3.05, 3.63) is 63.8 Å². The number of carbonyl (C=O) groups is 1. The zero-order valence-corrected chi connectivity index (χ0v) is 19.3. The normalized spacial score (nSPS) is 12.1. The zero-order valence-electron chi connectivity index (χ0n) is 16.9. The molecule has 0 fully saturated rings. The molecular weight excluding hydrogens is 454 g/mol. The number of furan rings is 1. The second-order valence-electron chi connectivity index (χ2n) is 6.80. The van der Waals surface area contributed by atoms with E-state index in [9.17, 15) is 4.79 Å². The maximum Gasteiger partial charge on any atom is 0.270 e. The third-order valence-corrected chi connectivity index (χ3v) is 6.75. The number of thioether (sulfide) groups is 1. The lowest BCUT2D eigenvalue weighted by atomic mass is 10.2. The number of benzene rings is 1. The minimum absolute atomic E-state index is 0.114. The molecule has 0 saturated carbocycles. The quantitative estimate of drug-likeness (QED) is 0.342. The van der Waals surface area contributed by atoms with Crippen molar-refractivity contribution in [1.82, 2.24) is 25.1 Å². The predicted molar refractivity (Wildman–Crippen MR) is 123 cm³/mol. The van der Waals surface area contributed by atoms with E-state index >= 15 is 0 Å². The first-order valence-electron chi connectivity index (χ1n) is 9.68. The largest absolute Gasteiger partial charge is 0.461 e. The molecule has 0 aliphatic heterocycles. The van der Waals surface area contributed by atoms with Crippen molar-refractivity contribution in [2.75, 3.05) is 0 Å². The SMILES string of the molecule is CCC(C)NC(=O)c1csc(CSc2nnc(-c3ccco3)n2-c2cccc(Cl)c2)n1. The summed E-state index contributed by atoms with van der Waals surface area (Å²) in [5.41, 5.74) is 1.27. The number of nitrogens with zero attached hydrogens (tertiary/aromatic N) is 4. The molecule has 7 nitrogen and oxygen atoms in total.